The lowest BCUT2D eigenvalue weighted by Crippen LogP contribution is -2.13. The molecule has 0 fully saturated rings. The van der Waals surface area contributed by atoms with E-state index in [-0.39, 0.29) is 5.58 Å². The molecule has 2 aromatic rings. The Bertz CT molecular complexity index is 493. The van der Waals surface area contributed by atoms with E-state index in [2.05, 4.69) is 12.2 Å². The van der Waals surface area contributed by atoms with Gasteiger partial charge in [-0.25, -0.2) is 8.78 Å². The Labute approximate surface area is 92.2 Å². The molecule has 86 valence electrons. The fourth-order valence-electron chi connectivity index (χ4n) is 1.68. The molecular weight excluding hydrogens is 212 g/mol. The molecule has 16 heavy (non-hydrogen) atoms. The van der Waals surface area contributed by atoms with E-state index < -0.39 is 11.6 Å². The van der Waals surface area contributed by atoms with Gasteiger partial charge in [0, 0.05) is 24.2 Å². The largest absolute Gasteiger partial charge is 0.464 e. The number of halogens is 2. The summed E-state index contributed by atoms with van der Waals surface area (Å²) in [6.45, 7) is 3.44. The molecule has 0 amide bonds. The van der Waals surface area contributed by atoms with E-state index in [4.69, 9.17) is 4.42 Å². The molecule has 0 saturated carbocycles. The molecule has 0 atom stereocenters. The van der Waals surface area contributed by atoms with Crippen molar-refractivity contribution in [2.45, 2.75) is 19.9 Å². The summed E-state index contributed by atoms with van der Waals surface area (Å²) in [5.41, 5.74) is 0.978. The van der Waals surface area contributed by atoms with E-state index in [1.807, 2.05) is 0 Å². The van der Waals surface area contributed by atoms with Crippen molar-refractivity contribution in [1.29, 1.82) is 0 Å². The minimum absolute atomic E-state index is 0.255. The summed E-state index contributed by atoms with van der Waals surface area (Å²) in [5.74, 6) is -1.19. The molecule has 2 nitrogen and oxygen atoms in total. The Morgan fingerprint density at radius 2 is 2.12 bits per heavy atom. The number of fused-ring (bicyclic) bond motifs is 1. The summed E-state index contributed by atoms with van der Waals surface area (Å²) >= 11 is 0. The zero-order valence-corrected chi connectivity index (χ0v) is 9.02. The highest BCUT2D eigenvalue weighted by molar-refractivity contribution is 5.81. The SMILES string of the molecule is CCCNCc1coc2cc(F)cc(F)c12. The molecule has 0 aliphatic rings. The summed E-state index contributed by atoms with van der Waals surface area (Å²) in [6, 6.07) is 2.07. The maximum atomic E-state index is 13.5. The van der Waals surface area contributed by atoms with Crippen LogP contribution in [0.3, 0.4) is 0 Å². The zero-order valence-electron chi connectivity index (χ0n) is 9.02. The third-order valence-corrected chi connectivity index (χ3v) is 2.41. The number of rotatable bonds is 4. The third kappa shape index (κ3) is 2.07. The minimum atomic E-state index is -0.618. The van der Waals surface area contributed by atoms with E-state index >= 15 is 0 Å². The second kappa shape index (κ2) is 4.61. The number of hydrogen-bond acceptors (Lipinski definition) is 2. The van der Waals surface area contributed by atoms with Crippen molar-refractivity contribution in [3.8, 4) is 0 Å². The van der Waals surface area contributed by atoms with E-state index in [1.54, 1.807) is 0 Å². The molecule has 1 aromatic carbocycles. The average molecular weight is 225 g/mol. The molecular formula is C12H13F2NO. The smallest absolute Gasteiger partial charge is 0.140 e. The fourth-order valence-corrected chi connectivity index (χ4v) is 1.68. The van der Waals surface area contributed by atoms with Crippen molar-refractivity contribution in [3.05, 3.63) is 35.6 Å². The first kappa shape index (κ1) is 11.1. The molecule has 0 aliphatic carbocycles. The number of nitrogens with one attached hydrogen (secondary N) is 1. The first-order valence-corrected chi connectivity index (χ1v) is 5.28. The highest BCUT2D eigenvalue weighted by Gasteiger charge is 2.12. The van der Waals surface area contributed by atoms with Gasteiger partial charge in [0.1, 0.15) is 17.2 Å². The average Bonchev–Trinajstić information content (AvgIpc) is 2.62. The molecule has 0 radical (unpaired) electrons. The normalized spacial score (nSPS) is 11.2. The lowest BCUT2D eigenvalue weighted by atomic mass is 10.1. The molecule has 0 spiro atoms. The lowest BCUT2D eigenvalue weighted by molar-refractivity contribution is 0.576. The predicted octanol–water partition coefficient (Wildman–Crippen LogP) is 3.21. The molecule has 1 heterocycles. The molecule has 2 rings (SSSR count). The second-order valence-electron chi connectivity index (χ2n) is 3.70. The van der Waals surface area contributed by atoms with Crippen molar-refractivity contribution in [2.75, 3.05) is 6.54 Å². The van der Waals surface area contributed by atoms with Crippen molar-refractivity contribution in [3.63, 3.8) is 0 Å². The molecule has 1 N–H and O–H groups in total. The standard InChI is InChI=1S/C12H13F2NO/c1-2-3-15-6-8-7-16-11-5-9(13)4-10(14)12(8)11/h4-5,7,15H,2-3,6H2,1H3. The van der Waals surface area contributed by atoms with Gasteiger partial charge in [0.25, 0.3) is 0 Å². The van der Waals surface area contributed by atoms with Crippen molar-refractivity contribution >= 4 is 11.0 Å². The highest BCUT2D eigenvalue weighted by Crippen LogP contribution is 2.25. The van der Waals surface area contributed by atoms with Crippen LogP contribution in [0, 0.1) is 11.6 Å². The van der Waals surface area contributed by atoms with Gasteiger partial charge in [-0.15, -0.1) is 0 Å². The summed E-state index contributed by atoms with van der Waals surface area (Å²) in [6.07, 6.45) is 2.47. The molecule has 0 saturated heterocycles. The van der Waals surface area contributed by atoms with Gasteiger partial charge in [-0.1, -0.05) is 6.92 Å². The molecule has 0 unspecified atom stereocenters. The zero-order chi connectivity index (χ0) is 11.5. The Morgan fingerprint density at radius 1 is 1.31 bits per heavy atom. The van der Waals surface area contributed by atoms with Crippen LogP contribution in [-0.2, 0) is 6.54 Å². The van der Waals surface area contributed by atoms with Crippen LogP contribution >= 0.6 is 0 Å². The third-order valence-electron chi connectivity index (χ3n) is 2.41. The van der Waals surface area contributed by atoms with Gasteiger partial charge < -0.3 is 9.73 Å². The molecule has 4 heteroatoms. The summed E-state index contributed by atoms with van der Waals surface area (Å²) in [5, 5.41) is 3.52. The van der Waals surface area contributed by atoms with Gasteiger partial charge in [-0.3, -0.25) is 0 Å². The van der Waals surface area contributed by atoms with E-state index in [1.165, 1.54) is 12.3 Å². The predicted molar refractivity (Wildman–Crippen MR) is 58.1 cm³/mol. The molecule has 0 bridgehead atoms. The fraction of sp³-hybridized carbons (Fsp3) is 0.333. The van der Waals surface area contributed by atoms with Gasteiger partial charge in [0.05, 0.1) is 11.6 Å². The van der Waals surface area contributed by atoms with Crippen molar-refractivity contribution in [2.24, 2.45) is 0 Å². The van der Waals surface area contributed by atoms with Crippen molar-refractivity contribution < 1.29 is 13.2 Å². The number of furan rings is 1. The van der Waals surface area contributed by atoms with Crippen LogP contribution in [0.15, 0.2) is 22.8 Å². The van der Waals surface area contributed by atoms with Crippen LogP contribution in [0.25, 0.3) is 11.0 Å². The monoisotopic (exact) mass is 225 g/mol. The quantitative estimate of drug-likeness (QED) is 0.808. The van der Waals surface area contributed by atoms with Crippen molar-refractivity contribution in [1.82, 2.24) is 5.32 Å². The summed E-state index contributed by atoms with van der Waals surface area (Å²) < 4.78 is 31.5. The van der Waals surface area contributed by atoms with Crippen LogP contribution in [-0.4, -0.2) is 6.54 Å². The van der Waals surface area contributed by atoms with Crippen LogP contribution in [0.5, 0.6) is 0 Å². The van der Waals surface area contributed by atoms with Crippen LogP contribution in [0.2, 0.25) is 0 Å². The van der Waals surface area contributed by atoms with Crippen LogP contribution in [0.1, 0.15) is 18.9 Å². The second-order valence-corrected chi connectivity index (χ2v) is 3.70. The topological polar surface area (TPSA) is 25.2 Å². The van der Waals surface area contributed by atoms with Gasteiger partial charge in [0.15, 0.2) is 0 Å². The number of benzene rings is 1. The summed E-state index contributed by atoms with van der Waals surface area (Å²) in [7, 11) is 0. The minimum Gasteiger partial charge on any atom is -0.464 e. The van der Waals surface area contributed by atoms with Crippen LogP contribution in [0.4, 0.5) is 8.78 Å². The van der Waals surface area contributed by atoms with Gasteiger partial charge in [0.2, 0.25) is 0 Å². The Hall–Kier alpha value is -1.42. The van der Waals surface area contributed by atoms with E-state index in [9.17, 15) is 8.78 Å². The Morgan fingerprint density at radius 3 is 2.88 bits per heavy atom. The van der Waals surface area contributed by atoms with E-state index in [0.29, 0.717) is 11.9 Å². The molecule has 0 aliphatic heterocycles. The van der Waals surface area contributed by atoms with Gasteiger partial charge in [-0.05, 0) is 13.0 Å². The van der Waals surface area contributed by atoms with E-state index in [0.717, 1.165) is 24.6 Å². The van der Waals surface area contributed by atoms with Gasteiger partial charge in [-0.2, -0.15) is 0 Å². The molecule has 1 aromatic heterocycles. The van der Waals surface area contributed by atoms with Crippen LogP contribution < -0.4 is 5.32 Å². The first-order valence-electron chi connectivity index (χ1n) is 5.28. The Kier molecular flexibility index (Phi) is 3.19. The first-order chi connectivity index (χ1) is 7.72. The number of hydrogen-bond donors (Lipinski definition) is 1. The summed E-state index contributed by atoms with van der Waals surface area (Å²) in [4.78, 5) is 0. The van der Waals surface area contributed by atoms with Gasteiger partial charge >= 0.3 is 0 Å². The maximum Gasteiger partial charge on any atom is 0.140 e. The highest BCUT2D eigenvalue weighted by atomic mass is 19.1. The Balaban J connectivity index is 2.33. The maximum absolute atomic E-state index is 13.5. The lowest BCUT2D eigenvalue weighted by Gasteiger charge is -2.01.